The highest BCUT2D eigenvalue weighted by Gasteiger charge is 1.88. The number of hydrogen-bond acceptors (Lipinski definition) is 2. The predicted molar refractivity (Wildman–Crippen MR) is 35.6 cm³/mol. The summed E-state index contributed by atoms with van der Waals surface area (Å²) < 4.78 is 0. The molecule has 1 aromatic heterocycles. The standard InChI is InChI=1S/C6H6NS/c1-3-6-7-5(2)4-8-6/h1,3-4H,2H3. The fraction of sp³-hybridized carbons (Fsp3) is 0.167. The van der Waals surface area contributed by atoms with Crippen LogP contribution in [-0.2, 0) is 0 Å². The Morgan fingerprint density at radius 3 is 2.88 bits per heavy atom. The second-order valence-electron chi connectivity index (χ2n) is 1.49. The van der Waals surface area contributed by atoms with Gasteiger partial charge >= 0.3 is 0 Å². The molecule has 0 amide bonds. The van der Waals surface area contributed by atoms with Crippen molar-refractivity contribution in [3.63, 3.8) is 0 Å². The van der Waals surface area contributed by atoms with E-state index in [-0.39, 0.29) is 0 Å². The minimum Gasteiger partial charge on any atom is -0.242 e. The van der Waals surface area contributed by atoms with Gasteiger partial charge in [-0.2, -0.15) is 0 Å². The van der Waals surface area contributed by atoms with E-state index in [0.29, 0.717) is 0 Å². The summed E-state index contributed by atoms with van der Waals surface area (Å²) in [5.74, 6) is 0. The first-order valence-corrected chi connectivity index (χ1v) is 3.18. The van der Waals surface area contributed by atoms with Gasteiger partial charge in [0, 0.05) is 11.1 Å². The first-order valence-electron chi connectivity index (χ1n) is 2.30. The molecule has 2 heteroatoms. The van der Waals surface area contributed by atoms with E-state index < -0.39 is 0 Å². The molecule has 1 aromatic rings. The maximum absolute atomic E-state index is 5.19. The lowest BCUT2D eigenvalue weighted by atomic mass is 10.6. The van der Waals surface area contributed by atoms with E-state index in [9.17, 15) is 0 Å². The second-order valence-corrected chi connectivity index (χ2v) is 2.38. The molecule has 41 valence electrons. The molecule has 1 radical (unpaired) electrons. The minimum absolute atomic E-state index is 0.891. The van der Waals surface area contributed by atoms with Gasteiger partial charge in [0.05, 0.1) is 0 Å². The second kappa shape index (κ2) is 2.09. The van der Waals surface area contributed by atoms with Crippen LogP contribution in [0.15, 0.2) is 5.38 Å². The van der Waals surface area contributed by atoms with E-state index in [1.165, 1.54) is 6.08 Å². The zero-order valence-corrected chi connectivity index (χ0v) is 5.40. The molecule has 1 heterocycles. The molecule has 0 atom stereocenters. The van der Waals surface area contributed by atoms with Crippen LogP contribution in [0.2, 0.25) is 0 Å². The van der Waals surface area contributed by atoms with E-state index in [0.717, 1.165) is 10.7 Å². The summed E-state index contributed by atoms with van der Waals surface area (Å²) in [6.07, 6.45) is 1.51. The van der Waals surface area contributed by atoms with E-state index in [2.05, 4.69) is 4.98 Å². The molecule has 8 heavy (non-hydrogen) atoms. The summed E-state index contributed by atoms with van der Waals surface area (Å²) in [4.78, 5) is 4.07. The van der Waals surface area contributed by atoms with Crippen LogP contribution >= 0.6 is 11.3 Å². The summed E-state index contributed by atoms with van der Waals surface area (Å²) in [6.45, 7) is 7.13. The Kier molecular flexibility index (Phi) is 1.44. The van der Waals surface area contributed by atoms with Crippen molar-refractivity contribution in [2.75, 3.05) is 0 Å². The molecule has 0 saturated heterocycles. The Labute approximate surface area is 52.7 Å². The SMILES string of the molecule is [CH]=Cc1nc(C)cs1. The van der Waals surface area contributed by atoms with Crippen LogP contribution in [-0.4, -0.2) is 4.98 Å². The highest BCUT2D eigenvalue weighted by Crippen LogP contribution is 2.08. The third-order valence-electron chi connectivity index (χ3n) is 0.779. The van der Waals surface area contributed by atoms with Gasteiger partial charge in [-0.1, -0.05) is 6.58 Å². The van der Waals surface area contributed by atoms with Gasteiger partial charge in [-0.05, 0) is 13.0 Å². The Balaban J connectivity index is 3.00. The molecule has 0 saturated carbocycles. The lowest BCUT2D eigenvalue weighted by Crippen LogP contribution is -1.67. The van der Waals surface area contributed by atoms with E-state index >= 15 is 0 Å². The molecule has 0 aromatic carbocycles. The zero-order valence-electron chi connectivity index (χ0n) is 4.59. The first-order chi connectivity index (χ1) is 3.83. The van der Waals surface area contributed by atoms with Crippen LogP contribution in [0.3, 0.4) is 0 Å². The monoisotopic (exact) mass is 124 g/mol. The highest BCUT2D eigenvalue weighted by atomic mass is 32.1. The normalized spacial score (nSPS) is 9.12. The lowest BCUT2D eigenvalue weighted by Gasteiger charge is -1.73. The topological polar surface area (TPSA) is 12.9 Å². The lowest BCUT2D eigenvalue weighted by molar-refractivity contribution is 1.25. The van der Waals surface area contributed by atoms with Gasteiger partial charge in [0.25, 0.3) is 0 Å². The van der Waals surface area contributed by atoms with Crippen LogP contribution in [0.4, 0.5) is 0 Å². The van der Waals surface area contributed by atoms with Crippen molar-refractivity contribution in [3.05, 3.63) is 22.7 Å². The molecule has 0 N–H and O–H groups in total. The van der Waals surface area contributed by atoms with Crippen molar-refractivity contribution in [3.8, 4) is 0 Å². The summed E-state index contributed by atoms with van der Waals surface area (Å²) >= 11 is 1.56. The number of aromatic nitrogens is 1. The molecule has 0 aliphatic carbocycles. The van der Waals surface area contributed by atoms with E-state index in [1.807, 2.05) is 12.3 Å². The quantitative estimate of drug-likeness (QED) is 0.557. The number of rotatable bonds is 1. The Hall–Kier alpha value is -0.630. The molecular weight excluding hydrogens is 118 g/mol. The van der Waals surface area contributed by atoms with Crippen molar-refractivity contribution >= 4 is 17.4 Å². The molecular formula is C6H6NS. The number of hydrogen-bond donors (Lipinski definition) is 0. The molecule has 0 bridgehead atoms. The molecule has 0 fully saturated rings. The third kappa shape index (κ3) is 0.954. The van der Waals surface area contributed by atoms with Gasteiger partial charge in [0.1, 0.15) is 5.01 Å². The van der Waals surface area contributed by atoms with Gasteiger partial charge in [-0.25, -0.2) is 4.98 Å². The van der Waals surface area contributed by atoms with E-state index in [4.69, 9.17) is 6.58 Å². The maximum atomic E-state index is 5.19. The van der Waals surface area contributed by atoms with Crippen LogP contribution in [0, 0.1) is 13.5 Å². The Bertz CT molecular complexity index is 190. The van der Waals surface area contributed by atoms with Gasteiger partial charge in [-0.15, -0.1) is 11.3 Å². The summed E-state index contributed by atoms with van der Waals surface area (Å²) in [6, 6.07) is 0. The average Bonchev–Trinajstić information content (AvgIpc) is 2.14. The average molecular weight is 124 g/mol. The van der Waals surface area contributed by atoms with Crippen molar-refractivity contribution in [1.29, 1.82) is 0 Å². The van der Waals surface area contributed by atoms with Crippen molar-refractivity contribution in [2.45, 2.75) is 6.92 Å². The van der Waals surface area contributed by atoms with E-state index in [1.54, 1.807) is 11.3 Å². The van der Waals surface area contributed by atoms with Crippen molar-refractivity contribution in [1.82, 2.24) is 4.98 Å². The van der Waals surface area contributed by atoms with Gasteiger partial charge in [-0.3, -0.25) is 0 Å². The summed E-state index contributed by atoms with van der Waals surface area (Å²) in [7, 11) is 0. The van der Waals surface area contributed by atoms with Crippen LogP contribution in [0.1, 0.15) is 10.7 Å². The Morgan fingerprint density at radius 1 is 1.88 bits per heavy atom. The van der Waals surface area contributed by atoms with Crippen LogP contribution < -0.4 is 0 Å². The molecule has 0 spiro atoms. The van der Waals surface area contributed by atoms with Gasteiger partial charge in [0.15, 0.2) is 0 Å². The molecule has 0 aliphatic heterocycles. The van der Waals surface area contributed by atoms with Crippen LogP contribution in [0.25, 0.3) is 6.08 Å². The fourth-order valence-electron chi connectivity index (χ4n) is 0.449. The predicted octanol–water partition coefficient (Wildman–Crippen LogP) is 1.90. The first kappa shape index (κ1) is 5.51. The fourth-order valence-corrected chi connectivity index (χ4v) is 1.07. The molecule has 0 unspecified atom stereocenters. The number of thiazole rings is 1. The van der Waals surface area contributed by atoms with Gasteiger partial charge in [0.2, 0.25) is 0 Å². The smallest absolute Gasteiger partial charge is 0.116 e. The molecule has 1 nitrogen and oxygen atoms in total. The van der Waals surface area contributed by atoms with Crippen molar-refractivity contribution in [2.24, 2.45) is 0 Å². The van der Waals surface area contributed by atoms with Crippen LogP contribution in [0.5, 0.6) is 0 Å². The highest BCUT2D eigenvalue weighted by molar-refractivity contribution is 7.10. The number of nitrogens with zero attached hydrogens (tertiary/aromatic N) is 1. The van der Waals surface area contributed by atoms with Crippen molar-refractivity contribution < 1.29 is 0 Å². The Morgan fingerprint density at radius 2 is 2.62 bits per heavy atom. The molecule has 0 aliphatic rings. The minimum atomic E-state index is 0.891. The largest absolute Gasteiger partial charge is 0.242 e. The maximum Gasteiger partial charge on any atom is 0.116 e. The number of aryl methyl sites for hydroxylation is 1. The summed E-state index contributed by atoms with van der Waals surface area (Å²) in [5, 5.41) is 2.86. The van der Waals surface area contributed by atoms with Gasteiger partial charge < -0.3 is 0 Å². The molecule has 1 rings (SSSR count). The third-order valence-corrected chi connectivity index (χ3v) is 1.71. The zero-order chi connectivity index (χ0) is 5.98. The summed E-state index contributed by atoms with van der Waals surface area (Å²) in [5.41, 5.74) is 1.03.